The van der Waals surface area contributed by atoms with Crippen molar-refractivity contribution in [2.24, 2.45) is 16.8 Å². The molecule has 25 heavy (non-hydrogen) atoms. The minimum atomic E-state index is -0.0190. The molecule has 1 aromatic heterocycles. The molecule has 1 heterocycles. The predicted molar refractivity (Wildman–Crippen MR) is 115 cm³/mol. The molecule has 6 heteroatoms. The van der Waals surface area contributed by atoms with E-state index < -0.39 is 0 Å². The summed E-state index contributed by atoms with van der Waals surface area (Å²) in [5, 5.41) is 6.81. The minimum Gasteiger partial charge on any atom is -0.443 e. The molecule has 144 valence electrons. The fourth-order valence-corrected chi connectivity index (χ4v) is 3.14. The first-order valence-corrected chi connectivity index (χ1v) is 9.37. The van der Waals surface area contributed by atoms with Gasteiger partial charge >= 0.3 is 0 Å². The van der Waals surface area contributed by atoms with E-state index in [2.05, 4.69) is 55.2 Å². The molecule has 1 fully saturated rings. The predicted octanol–water partition coefficient (Wildman–Crippen LogP) is 4.47. The number of hydrogen-bond acceptors (Lipinski definition) is 3. The average Bonchev–Trinajstić information content (AvgIpc) is 3.00. The summed E-state index contributed by atoms with van der Waals surface area (Å²) in [5.74, 6) is 3.97. The van der Waals surface area contributed by atoms with Gasteiger partial charge in [-0.15, -0.1) is 24.0 Å². The van der Waals surface area contributed by atoms with E-state index in [0.717, 1.165) is 36.6 Å². The van der Waals surface area contributed by atoms with E-state index in [1.165, 1.54) is 25.7 Å². The highest BCUT2D eigenvalue weighted by Gasteiger charge is 2.21. The number of rotatable bonds is 5. The number of halogens is 1. The smallest absolute Gasteiger partial charge is 0.216 e. The van der Waals surface area contributed by atoms with Gasteiger partial charge < -0.3 is 15.1 Å². The van der Waals surface area contributed by atoms with Crippen molar-refractivity contribution in [2.45, 2.75) is 72.3 Å². The second-order valence-electron chi connectivity index (χ2n) is 7.97. The lowest BCUT2D eigenvalue weighted by atomic mass is 9.80. The first-order valence-electron chi connectivity index (χ1n) is 9.37. The molecule has 0 aliphatic heterocycles. The van der Waals surface area contributed by atoms with E-state index in [1.807, 2.05) is 6.20 Å². The number of hydrogen-bond donors (Lipinski definition) is 2. The number of aliphatic imine (C=N–C) groups is 1. The van der Waals surface area contributed by atoms with Crippen LogP contribution in [0, 0.1) is 11.8 Å². The molecule has 0 aromatic carbocycles. The Bertz CT molecular complexity index is 536. The van der Waals surface area contributed by atoms with Gasteiger partial charge in [0, 0.05) is 18.5 Å². The lowest BCUT2D eigenvalue weighted by molar-refractivity contribution is 0.256. The van der Waals surface area contributed by atoms with Crippen molar-refractivity contribution in [3.63, 3.8) is 0 Å². The van der Waals surface area contributed by atoms with E-state index in [9.17, 15) is 0 Å². The van der Waals surface area contributed by atoms with Crippen molar-refractivity contribution in [1.29, 1.82) is 0 Å². The van der Waals surface area contributed by atoms with Gasteiger partial charge in [-0.2, -0.15) is 0 Å². The van der Waals surface area contributed by atoms with Crippen LogP contribution >= 0.6 is 24.0 Å². The highest BCUT2D eigenvalue weighted by molar-refractivity contribution is 14.0. The summed E-state index contributed by atoms with van der Waals surface area (Å²) in [6, 6.07) is 0. The second-order valence-corrected chi connectivity index (χ2v) is 7.97. The molecule has 5 nitrogen and oxygen atoms in total. The molecule has 1 saturated carbocycles. The quantitative estimate of drug-likeness (QED) is 0.385. The van der Waals surface area contributed by atoms with E-state index in [4.69, 9.17) is 4.42 Å². The van der Waals surface area contributed by atoms with Gasteiger partial charge in [-0.1, -0.05) is 47.0 Å². The van der Waals surface area contributed by atoms with Gasteiger partial charge in [0.15, 0.2) is 5.96 Å². The highest BCUT2D eigenvalue weighted by atomic mass is 127. The lowest BCUT2D eigenvalue weighted by Gasteiger charge is -2.29. The Labute approximate surface area is 169 Å². The SMILES string of the molecule is CCNC(=NCc1ncc(C(C)(C)C)o1)NCC1CCCCC1C.I. The number of guanidine groups is 1. The molecule has 0 bridgehead atoms. The summed E-state index contributed by atoms with van der Waals surface area (Å²) in [5.41, 5.74) is -0.0190. The van der Waals surface area contributed by atoms with Gasteiger partial charge in [0.05, 0.1) is 6.20 Å². The molecule has 0 spiro atoms. The zero-order chi connectivity index (χ0) is 17.6. The summed E-state index contributed by atoms with van der Waals surface area (Å²) in [6.07, 6.45) is 7.23. The van der Waals surface area contributed by atoms with Crippen LogP contribution in [0.5, 0.6) is 0 Å². The van der Waals surface area contributed by atoms with Crippen molar-refractivity contribution in [3.05, 3.63) is 17.8 Å². The van der Waals surface area contributed by atoms with Gasteiger partial charge in [0.25, 0.3) is 0 Å². The summed E-state index contributed by atoms with van der Waals surface area (Å²) in [7, 11) is 0. The van der Waals surface area contributed by atoms with Crippen molar-refractivity contribution in [1.82, 2.24) is 15.6 Å². The maximum absolute atomic E-state index is 5.81. The van der Waals surface area contributed by atoms with Crippen LogP contribution in [-0.4, -0.2) is 24.0 Å². The molecule has 2 atom stereocenters. The van der Waals surface area contributed by atoms with Crippen molar-refractivity contribution < 1.29 is 4.42 Å². The molecule has 1 aliphatic carbocycles. The van der Waals surface area contributed by atoms with E-state index in [1.54, 1.807) is 0 Å². The monoisotopic (exact) mass is 462 g/mol. The van der Waals surface area contributed by atoms with Crippen molar-refractivity contribution >= 4 is 29.9 Å². The van der Waals surface area contributed by atoms with Crippen molar-refractivity contribution in [2.75, 3.05) is 13.1 Å². The lowest BCUT2D eigenvalue weighted by Crippen LogP contribution is -2.41. The Morgan fingerprint density at radius 1 is 1.28 bits per heavy atom. The van der Waals surface area contributed by atoms with Crippen LogP contribution < -0.4 is 10.6 Å². The fourth-order valence-electron chi connectivity index (χ4n) is 3.14. The molecule has 2 N–H and O–H groups in total. The van der Waals surface area contributed by atoms with E-state index in [0.29, 0.717) is 12.4 Å². The molecular formula is C19H35IN4O. The van der Waals surface area contributed by atoms with Crippen LogP contribution in [0.2, 0.25) is 0 Å². The Morgan fingerprint density at radius 3 is 2.60 bits per heavy atom. The molecule has 1 aliphatic rings. The molecule has 2 unspecified atom stereocenters. The summed E-state index contributed by atoms with van der Waals surface area (Å²) >= 11 is 0. The van der Waals surface area contributed by atoms with Crippen molar-refractivity contribution in [3.8, 4) is 0 Å². The Balaban J connectivity index is 0.00000312. The molecule has 0 amide bonds. The highest BCUT2D eigenvalue weighted by Crippen LogP contribution is 2.28. The van der Waals surface area contributed by atoms with E-state index in [-0.39, 0.29) is 29.4 Å². The third-order valence-corrected chi connectivity index (χ3v) is 4.83. The maximum atomic E-state index is 5.81. The van der Waals surface area contributed by atoms with Gasteiger partial charge in [0.1, 0.15) is 12.3 Å². The number of nitrogens with zero attached hydrogens (tertiary/aromatic N) is 2. The Kier molecular flexibility index (Phi) is 9.24. The topological polar surface area (TPSA) is 62.5 Å². The van der Waals surface area contributed by atoms with E-state index >= 15 is 0 Å². The Morgan fingerprint density at radius 2 is 2.00 bits per heavy atom. The van der Waals surface area contributed by atoms with Gasteiger partial charge in [0.2, 0.25) is 5.89 Å². The van der Waals surface area contributed by atoms with Crippen LogP contribution in [0.3, 0.4) is 0 Å². The van der Waals surface area contributed by atoms with Crippen LogP contribution in [-0.2, 0) is 12.0 Å². The van der Waals surface area contributed by atoms with Crippen LogP contribution in [0.25, 0.3) is 0 Å². The van der Waals surface area contributed by atoms with Crippen LogP contribution in [0.4, 0.5) is 0 Å². The standard InChI is InChI=1S/C19H34N4O.HI/c1-6-20-18(22-11-15-10-8-7-9-14(15)2)23-13-17-21-12-16(24-17)19(3,4)5;/h12,14-15H,6-11,13H2,1-5H3,(H2,20,22,23);1H. The first kappa shape index (κ1) is 22.3. The molecular weight excluding hydrogens is 427 g/mol. The zero-order valence-corrected chi connectivity index (χ0v) is 18.7. The summed E-state index contributed by atoms with van der Waals surface area (Å²) in [4.78, 5) is 8.97. The van der Waals surface area contributed by atoms with Crippen LogP contribution in [0.1, 0.15) is 72.0 Å². The van der Waals surface area contributed by atoms with Gasteiger partial charge in [-0.25, -0.2) is 9.98 Å². The number of nitrogens with one attached hydrogen (secondary N) is 2. The normalized spacial score (nSPS) is 21.6. The fraction of sp³-hybridized carbons (Fsp3) is 0.789. The third-order valence-electron chi connectivity index (χ3n) is 4.83. The number of aromatic nitrogens is 1. The van der Waals surface area contributed by atoms with Gasteiger partial charge in [-0.3, -0.25) is 0 Å². The maximum Gasteiger partial charge on any atom is 0.216 e. The average molecular weight is 462 g/mol. The first-order chi connectivity index (χ1) is 11.4. The largest absolute Gasteiger partial charge is 0.443 e. The zero-order valence-electron chi connectivity index (χ0n) is 16.4. The van der Waals surface area contributed by atoms with Gasteiger partial charge in [-0.05, 0) is 25.2 Å². The summed E-state index contributed by atoms with van der Waals surface area (Å²) in [6.45, 7) is 13.1. The second kappa shape index (κ2) is 10.4. The summed E-state index contributed by atoms with van der Waals surface area (Å²) < 4.78 is 5.81. The Hall–Kier alpha value is -0.790. The molecule has 0 saturated heterocycles. The molecule has 2 rings (SSSR count). The molecule has 0 radical (unpaired) electrons. The number of oxazole rings is 1. The molecule has 1 aromatic rings. The third kappa shape index (κ3) is 7.15. The van der Waals surface area contributed by atoms with Crippen LogP contribution in [0.15, 0.2) is 15.6 Å². The minimum absolute atomic E-state index is 0.